The molecule has 0 saturated carbocycles. The highest BCUT2D eigenvalue weighted by molar-refractivity contribution is 5.99. The van der Waals surface area contributed by atoms with Crippen LogP contribution in [0.3, 0.4) is 0 Å². The molecular formula is C26H37NO5. The van der Waals surface area contributed by atoms with Gasteiger partial charge >= 0.3 is 0 Å². The van der Waals surface area contributed by atoms with Gasteiger partial charge in [-0.15, -0.1) is 0 Å². The van der Waals surface area contributed by atoms with Gasteiger partial charge in [-0.1, -0.05) is 46.0 Å². The summed E-state index contributed by atoms with van der Waals surface area (Å²) >= 11 is 0. The molecule has 0 spiro atoms. The Bertz CT molecular complexity index is 880. The summed E-state index contributed by atoms with van der Waals surface area (Å²) in [6, 6.07) is 5.39. The number of rotatable bonds is 15. The number of nitrogens with zero attached hydrogens (tertiary/aromatic N) is 1. The van der Waals surface area contributed by atoms with Crippen molar-refractivity contribution in [3.63, 3.8) is 0 Å². The molecule has 1 aromatic carbocycles. The molecule has 0 fully saturated rings. The van der Waals surface area contributed by atoms with Crippen molar-refractivity contribution >= 4 is 11.6 Å². The molecule has 0 aliphatic carbocycles. The van der Waals surface area contributed by atoms with Crippen LogP contribution in [-0.2, 0) is 16.0 Å². The van der Waals surface area contributed by atoms with Gasteiger partial charge in [0, 0.05) is 12.0 Å². The van der Waals surface area contributed by atoms with Gasteiger partial charge < -0.3 is 13.9 Å². The number of ether oxygens (including phenoxy) is 2. The van der Waals surface area contributed by atoms with Gasteiger partial charge in [0.15, 0.2) is 11.5 Å². The quantitative estimate of drug-likeness (QED) is 0.308. The highest BCUT2D eigenvalue weighted by atomic mass is 16.5. The molecule has 6 nitrogen and oxygen atoms in total. The van der Waals surface area contributed by atoms with Crippen LogP contribution in [0.15, 0.2) is 22.6 Å². The minimum absolute atomic E-state index is 0.0167. The van der Waals surface area contributed by atoms with E-state index >= 15 is 0 Å². The molecule has 1 heterocycles. The first-order valence-electron chi connectivity index (χ1n) is 11.6. The summed E-state index contributed by atoms with van der Waals surface area (Å²) in [6.07, 6.45) is 7.27. The van der Waals surface area contributed by atoms with Crippen molar-refractivity contribution in [3.05, 3.63) is 29.7 Å². The molecule has 0 aliphatic rings. The van der Waals surface area contributed by atoms with Crippen LogP contribution in [0.25, 0.3) is 11.5 Å². The van der Waals surface area contributed by atoms with Crippen molar-refractivity contribution in [1.82, 2.24) is 4.98 Å². The van der Waals surface area contributed by atoms with Gasteiger partial charge in [-0.25, -0.2) is 4.98 Å². The predicted octanol–water partition coefficient (Wildman–Crippen LogP) is 6.12. The second kappa shape index (κ2) is 13.0. The van der Waals surface area contributed by atoms with Gasteiger partial charge in [0.1, 0.15) is 17.3 Å². The van der Waals surface area contributed by atoms with E-state index in [1.54, 1.807) is 33.3 Å². The van der Waals surface area contributed by atoms with Gasteiger partial charge in [-0.05, 0) is 37.5 Å². The zero-order valence-corrected chi connectivity index (χ0v) is 20.2. The largest absolute Gasteiger partial charge is 0.493 e. The molecule has 2 rings (SSSR count). The maximum atomic E-state index is 12.5. The summed E-state index contributed by atoms with van der Waals surface area (Å²) < 4.78 is 16.4. The van der Waals surface area contributed by atoms with Crippen LogP contribution >= 0.6 is 0 Å². The van der Waals surface area contributed by atoms with Crippen molar-refractivity contribution in [2.24, 2.45) is 5.92 Å². The van der Waals surface area contributed by atoms with E-state index in [0.29, 0.717) is 41.2 Å². The first-order valence-corrected chi connectivity index (χ1v) is 11.6. The van der Waals surface area contributed by atoms with Crippen molar-refractivity contribution in [2.75, 3.05) is 14.2 Å². The summed E-state index contributed by atoms with van der Waals surface area (Å²) in [5.74, 6) is 2.77. The van der Waals surface area contributed by atoms with Crippen LogP contribution in [0.1, 0.15) is 76.7 Å². The SMILES string of the molecule is CCCC(CCC)CCCC(=O)CC(=O)Cc1nc(-c2ccc(OC)c(OC)c2)oc1C. The number of benzene rings is 1. The molecule has 0 amide bonds. The topological polar surface area (TPSA) is 78.6 Å². The maximum absolute atomic E-state index is 12.5. The van der Waals surface area contributed by atoms with E-state index in [4.69, 9.17) is 13.9 Å². The van der Waals surface area contributed by atoms with E-state index in [0.717, 1.165) is 18.4 Å². The highest BCUT2D eigenvalue weighted by Crippen LogP contribution is 2.32. The number of aryl methyl sites for hydroxylation is 1. The first-order chi connectivity index (χ1) is 15.4. The summed E-state index contributed by atoms with van der Waals surface area (Å²) in [5, 5.41) is 0. The molecule has 32 heavy (non-hydrogen) atoms. The maximum Gasteiger partial charge on any atom is 0.226 e. The van der Waals surface area contributed by atoms with Crippen molar-refractivity contribution < 1.29 is 23.5 Å². The second-order valence-electron chi connectivity index (χ2n) is 8.36. The Morgan fingerprint density at radius 3 is 2.31 bits per heavy atom. The lowest BCUT2D eigenvalue weighted by Gasteiger charge is -2.14. The summed E-state index contributed by atoms with van der Waals surface area (Å²) in [6.45, 7) is 6.19. The monoisotopic (exact) mass is 443 g/mol. The van der Waals surface area contributed by atoms with Gasteiger partial charge in [0.25, 0.3) is 0 Å². The van der Waals surface area contributed by atoms with Crippen LogP contribution in [-0.4, -0.2) is 30.8 Å². The van der Waals surface area contributed by atoms with E-state index in [9.17, 15) is 9.59 Å². The van der Waals surface area contributed by atoms with E-state index < -0.39 is 0 Å². The third-order valence-electron chi connectivity index (χ3n) is 5.74. The average Bonchev–Trinajstić information content (AvgIpc) is 3.13. The normalized spacial score (nSPS) is 11.1. The van der Waals surface area contributed by atoms with Crippen LogP contribution in [0.4, 0.5) is 0 Å². The summed E-state index contributed by atoms with van der Waals surface area (Å²) in [7, 11) is 3.14. The lowest BCUT2D eigenvalue weighted by atomic mass is 9.92. The van der Waals surface area contributed by atoms with E-state index in [1.807, 2.05) is 6.07 Å². The molecule has 6 heteroatoms. The number of oxazole rings is 1. The fraction of sp³-hybridized carbons (Fsp3) is 0.577. The summed E-state index contributed by atoms with van der Waals surface area (Å²) in [4.78, 5) is 29.3. The molecule has 0 N–H and O–H groups in total. The Kier molecular flexibility index (Phi) is 10.4. The molecule has 0 bridgehead atoms. The summed E-state index contributed by atoms with van der Waals surface area (Å²) in [5.41, 5.74) is 1.30. The van der Waals surface area contributed by atoms with Crippen LogP contribution in [0.5, 0.6) is 11.5 Å². The fourth-order valence-electron chi connectivity index (χ4n) is 4.08. The number of Topliss-reactive ketones (excluding diaryl/α,β-unsaturated/α-hetero) is 2. The molecule has 0 saturated heterocycles. The van der Waals surface area contributed by atoms with Crippen LogP contribution < -0.4 is 9.47 Å². The van der Waals surface area contributed by atoms with Gasteiger partial charge in [-0.2, -0.15) is 0 Å². The minimum atomic E-state index is -0.121. The van der Waals surface area contributed by atoms with E-state index in [2.05, 4.69) is 18.8 Å². The van der Waals surface area contributed by atoms with E-state index in [-0.39, 0.29) is 24.4 Å². The number of carbonyl (C=O) groups excluding carboxylic acids is 2. The average molecular weight is 444 g/mol. The standard InChI is InChI=1S/C26H37NO5/c1-6-9-19(10-7-2)11-8-12-21(28)16-22(29)17-23-18(3)32-26(27-23)20-13-14-24(30-4)25(15-20)31-5/h13-15,19H,6-12,16-17H2,1-5H3. The molecule has 0 radical (unpaired) electrons. The predicted molar refractivity (Wildman–Crippen MR) is 125 cm³/mol. The molecule has 0 atom stereocenters. The number of methoxy groups -OCH3 is 2. The van der Waals surface area contributed by atoms with Gasteiger partial charge in [0.05, 0.1) is 32.8 Å². The molecular weight excluding hydrogens is 406 g/mol. The smallest absolute Gasteiger partial charge is 0.226 e. The molecule has 0 aliphatic heterocycles. The van der Waals surface area contributed by atoms with E-state index in [1.165, 1.54) is 25.7 Å². The number of ketones is 2. The Balaban J connectivity index is 1.91. The second-order valence-corrected chi connectivity index (χ2v) is 8.36. The number of carbonyl (C=O) groups is 2. The first kappa shape index (κ1) is 25.6. The Morgan fingerprint density at radius 2 is 1.69 bits per heavy atom. The zero-order chi connectivity index (χ0) is 23.5. The molecule has 176 valence electrons. The number of aromatic nitrogens is 1. The Morgan fingerprint density at radius 1 is 1.00 bits per heavy atom. The zero-order valence-electron chi connectivity index (χ0n) is 20.2. The molecule has 2 aromatic rings. The number of hydrogen-bond donors (Lipinski definition) is 0. The van der Waals surface area contributed by atoms with Crippen molar-refractivity contribution in [2.45, 2.75) is 78.6 Å². The Labute approximate surface area is 191 Å². The van der Waals surface area contributed by atoms with Crippen molar-refractivity contribution in [3.8, 4) is 23.0 Å². The lowest BCUT2D eigenvalue weighted by molar-refractivity contribution is -0.126. The van der Waals surface area contributed by atoms with Crippen LogP contribution in [0.2, 0.25) is 0 Å². The third-order valence-corrected chi connectivity index (χ3v) is 5.74. The van der Waals surface area contributed by atoms with Crippen molar-refractivity contribution in [1.29, 1.82) is 0 Å². The lowest BCUT2D eigenvalue weighted by Crippen LogP contribution is -2.11. The fourth-order valence-corrected chi connectivity index (χ4v) is 4.08. The minimum Gasteiger partial charge on any atom is -0.493 e. The number of hydrogen-bond acceptors (Lipinski definition) is 6. The molecule has 1 aromatic heterocycles. The highest BCUT2D eigenvalue weighted by Gasteiger charge is 2.18. The molecule has 0 unspecified atom stereocenters. The van der Waals surface area contributed by atoms with Crippen LogP contribution in [0, 0.1) is 12.8 Å². The van der Waals surface area contributed by atoms with Gasteiger partial charge in [0.2, 0.25) is 5.89 Å². The van der Waals surface area contributed by atoms with Gasteiger partial charge in [-0.3, -0.25) is 9.59 Å². The third kappa shape index (κ3) is 7.50. The Hall–Kier alpha value is -2.63.